The standard InChI is InChI=1S/C36H31N3O7S2/c1-2-45-35(43)19-8-12-20(13-9-19)37-25(40)17-46-22-14-10-18(11-15-22)26-27-23-16-24(30(27)47-32-31(26)48-36(44)38-32)29-28(23)33(41)39(34(29)42)21-6-4-3-5-7-21/h3-15,23-24,26-30H,2,16-17H2,1H3,(H,37,40)(H,38,44)/t23-,24-,26-,27?,28?,29?,30?/m1/s1. The smallest absolute Gasteiger partial charge is 0.338 e. The third kappa shape index (κ3) is 5.05. The van der Waals surface area contributed by atoms with Crippen molar-refractivity contribution in [3.05, 3.63) is 105 Å². The maximum Gasteiger partial charge on any atom is 0.338 e. The summed E-state index contributed by atoms with van der Waals surface area (Å²) in [6.07, 6.45) is 0.815. The molecule has 2 N–H and O–H groups in total. The molecule has 3 aromatic carbocycles. The first-order chi connectivity index (χ1) is 23.3. The first-order valence-corrected chi connectivity index (χ1v) is 17.6. The number of para-hydroxylation sites is 1. The number of imide groups is 1. The molecule has 1 aromatic heterocycles. The van der Waals surface area contributed by atoms with Crippen LogP contribution in [0.3, 0.4) is 0 Å². The molecule has 2 aliphatic heterocycles. The maximum absolute atomic E-state index is 13.9. The van der Waals surface area contributed by atoms with Gasteiger partial charge in [0.25, 0.3) is 5.91 Å². The molecule has 1 saturated heterocycles. The largest absolute Gasteiger partial charge is 0.484 e. The summed E-state index contributed by atoms with van der Waals surface area (Å²) in [5.41, 5.74) is 2.55. The van der Waals surface area contributed by atoms with Crippen molar-refractivity contribution >= 4 is 58.2 Å². The van der Waals surface area contributed by atoms with Crippen molar-refractivity contribution in [2.24, 2.45) is 29.6 Å². The summed E-state index contributed by atoms with van der Waals surface area (Å²) < 4.78 is 10.8. The lowest BCUT2D eigenvalue weighted by Crippen LogP contribution is -2.42. The summed E-state index contributed by atoms with van der Waals surface area (Å²) in [4.78, 5) is 70.0. The highest BCUT2D eigenvalue weighted by molar-refractivity contribution is 8.00. The van der Waals surface area contributed by atoms with Gasteiger partial charge in [0.05, 0.1) is 34.7 Å². The van der Waals surface area contributed by atoms with Crippen molar-refractivity contribution in [1.82, 2.24) is 4.98 Å². The van der Waals surface area contributed by atoms with Gasteiger partial charge >= 0.3 is 10.8 Å². The number of carbonyl (C=O) groups is 4. The Morgan fingerprint density at radius 2 is 1.62 bits per heavy atom. The van der Waals surface area contributed by atoms with Crippen molar-refractivity contribution in [2.75, 3.05) is 23.4 Å². The van der Waals surface area contributed by atoms with Crippen molar-refractivity contribution in [1.29, 1.82) is 0 Å². The fraction of sp³-hybridized carbons (Fsp3) is 0.306. The molecule has 0 radical (unpaired) electrons. The number of thioether (sulfide) groups is 1. The van der Waals surface area contributed by atoms with Gasteiger partial charge in [-0.15, -0.1) is 11.8 Å². The first kappa shape index (κ1) is 30.6. The summed E-state index contributed by atoms with van der Waals surface area (Å²) in [6.45, 7) is 1.81. The highest BCUT2D eigenvalue weighted by Gasteiger charge is 2.69. The van der Waals surface area contributed by atoms with Gasteiger partial charge in [-0.05, 0) is 85.2 Å². The second kappa shape index (κ2) is 12.1. The number of amides is 3. The van der Waals surface area contributed by atoms with Crippen LogP contribution in [0.4, 0.5) is 11.4 Å². The number of hydrogen-bond acceptors (Lipinski definition) is 9. The van der Waals surface area contributed by atoms with Crippen molar-refractivity contribution in [2.45, 2.75) is 29.5 Å². The van der Waals surface area contributed by atoms with Crippen LogP contribution >= 0.6 is 23.1 Å². The summed E-state index contributed by atoms with van der Waals surface area (Å²) >= 11 is 2.87. The monoisotopic (exact) mass is 681 g/mol. The summed E-state index contributed by atoms with van der Waals surface area (Å²) in [5, 5.41) is 3.71. The minimum absolute atomic E-state index is 0.0176. The number of aromatic nitrogens is 1. The fourth-order valence-corrected chi connectivity index (χ4v) is 11.1. The van der Waals surface area contributed by atoms with Crippen LogP contribution in [0.1, 0.15) is 40.1 Å². The number of aromatic amines is 1. The molecule has 12 heteroatoms. The Morgan fingerprint density at radius 3 is 2.33 bits per heavy atom. The average molecular weight is 682 g/mol. The van der Waals surface area contributed by atoms with Gasteiger partial charge in [-0.1, -0.05) is 41.7 Å². The third-order valence-corrected chi connectivity index (χ3v) is 12.6. The molecule has 2 saturated carbocycles. The molecule has 8 rings (SSSR count). The molecule has 48 heavy (non-hydrogen) atoms. The zero-order chi connectivity index (χ0) is 33.1. The Hall–Kier alpha value is -4.68. The van der Waals surface area contributed by atoms with E-state index in [-0.39, 0.29) is 76.6 Å². The van der Waals surface area contributed by atoms with Gasteiger partial charge in [-0.3, -0.25) is 24.1 Å². The molecular formula is C36H31N3O7S2. The normalized spacial score (nSPS) is 26.5. The highest BCUT2D eigenvalue weighted by Crippen LogP contribution is 2.68. The highest BCUT2D eigenvalue weighted by atomic mass is 32.2. The van der Waals surface area contributed by atoms with Crippen LogP contribution in [0.2, 0.25) is 0 Å². The number of rotatable bonds is 8. The first-order valence-electron chi connectivity index (χ1n) is 15.9. The number of benzene rings is 3. The van der Waals surface area contributed by atoms with Gasteiger partial charge in [0.15, 0.2) is 6.61 Å². The van der Waals surface area contributed by atoms with E-state index in [1.165, 1.54) is 16.2 Å². The van der Waals surface area contributed by atoms with E-state index in [0.717, 1.165) is 21.9 Å². The average Bonchev–Trinajstić information content (AvgIpc) is 3.83. The molecular weight excluding hydrogens is 651 g/mol. The molecule has 244 valence electrons. The Bertz CT molecular complexity index is 1970. The Kier molecular flexibility index (Phi) is 7.72. The van der Waals surface area contributed by atoms with Gasteiger partial charge in [0.1, 0.15) is 5.75 Å². The second-order valence-electron chi connectivity index (χ2n) is 12.5. The van der Waals surface area contributed by atoms with E-state index < -0.39 is 5.97 Å². The number of fused-ring (bicyclic) bond motifs is 9. The molecule has 7 atom stereocenters. The van der Waals surface area contributed by atoms with Gasteiger partial charge in [0, 0.05) is 21.7 Å². The summed E-state index contributed by atoms with van der Waals surface area (Å²) in [5.74, 6) is -1.17. The van der Waals surface area contributed by atoms with E-state index in [2.05, 4.69) is 10.3 Å². The van der Waals surface area contributed by atoms with Crippen molar-refractivity contribution < 1.29 is 28.7 Å². The number of esters is 1. The molecule has 3 amide bonds. The molecule has 0 spiro atoms. The number of anilines is 2. The van der Waals surface area contributed by atoms with E-state index in [1.807, 2.05) is 54.6 Å². The van der Waals surface area contributed by atoms with Gasteiger partial charge < -0.3 is 19.8 Å². The lowest BCUT2D eigenvalue weighted by molar-refractivity contribution is -0.123. The van der Waals surface area contributed by atoms with Crippen LogP contribution in [0, 0.1) is 29.6 Å². The molecule has 3 heterocycles. The lowest BCUT2D eigenvalue weighted by Gasteiger charge is -2.43. The second-order valence-corrected chi connectivity index (χ2v) is 14.7. The number of carbonyl (C=O) groups excluding carboxylic acids is 4. The van der Waals surface area contributed by atoms with E-state index in [0.29, 0.717) is 22.7 Å². The van der Waals surface area contributed by atoms with Crippen LogP contribution in [-0.2, 0) is 19.1 Å². The minimum Gasteiger partial charge on any atom is -0.484 e. The topological polar surface area (TPSA) is 135 Å². The maximum atomic E-state index is 13.9. The number of thiazole rings is 1. The Labute approximate surface area is 283 Å². The number of nitrogens with zero attached hydrogens (tertiary/aromatic N) is 1. The van der Waals surface area contributed by atoms with Crippen LogP contribution in [0.15, 0.2) is 88.7 Å². The third-order valence-electron chi connectivity index (χ3n) is 10.0. The predicted molar refractivity (Wildman–Crippen MR) is 180 cm³/mol. The van der Waals surface area contributed by atoms with E-state index in [4.69, 9.17) is 9.47 Å². The quantitative estimate of drug-likeness (QED) is 0.189. The van der Waals surface area contributed by atoms with Crippen LogP contribution in [-0.4, -0.2) is 47.1 Å². The number of H-pyrrole nitrogens is 1. The number of ether oxygens (including phenoxy) is 2. The van der Waals surface area contributed by atoms with Crippen LogP contribution in [0.5, 0.6) is 5.75 Å². The van der Waals surface area contributed by atoms with Gasteiger partial charge in [-0.2, -0.15) is 0 Å². The molecule has 4 unspecified atom stereocenters. The van der Waals surface area contributed by atoms with Crippen molar-refractivity contribution in [3.63, 3.8) is 0 Å². The number of hydrogen-bond donors (Lipinski definition) is 2. The zero-order valence-electron chi connectivity index (χ0n) is 25.8. The SMILES string of the molecule is CCOC(=O)c1ccc(NC(=O)COc2ccc([C@H]3c4sc(=O)[nH]c4SC4C3[C@H]3C[C@@H]4C4C(=O)N(c5ccccc5)C(=O)C43)cc2)cc1. The van der Waals surface area contributed by atoms with Crippen LogP contribution < -0.4 is 19.8 Å². The zero-order valence-corrected chi connectivity index (χ0v) is 27.4. The molecule has 10 nitrogen and oxygen atoms in total. The van der Waals surface area contributed by atoms with E-state index in [1.54, 1.807) is 43.0 Å². The van der Waals surface area contributed by atoms with Gasteiger partial charge in [0.2, 0.25) is 11.8 Å². The number of nitrogens with one attached hydrogen (secondary N) is 2. The lowest BCUT2D eigenvalue weighted by atomic mass is 9.68. The molecule has 2 aliphatic carbocycles. The van der Waals surface area contributed by atoms with Gasteiger partial charge in [-0.25, -0.2) is 4.79 Å². The molecule has 4 aliphatic rings. The van der Waals surface area contributed by atoms with Crippen molar-refractivity contribution in [3.8, 4) is 5.75 Å². The molecule has 3 fully saturated rings. The minimum atomic E-state index is -0.423. The van der Waals surface area contributed by atoms with E-state index in [9.17, 15) is 24.0 Å². The molecule has 2 bridgehead atoms. The fourth-order valence-electron chi connectivity index (χ4n) is 8.24. The Balaban J connectivity index is 0.996. The van der Waals surface area contributed by atoms with E-state index >= 15 is 0 Å². The molecule has 4 aromatic rings. The predicted octanol–water partition coefficient (Wildman–Crippen LogP) is 5.31. The van der Waals surface area contributed by atoms with Crippen LogP contribution in [0.25, 0.3) is 0 Å². The summed E-state index contributed by atoms with van der Waals surface area (Å²) in [7, 11) is 0. The Morgan fingerprint density at radius 1 is 0.917 bits per heavy atom. The summed E-state index contributed by atoms with van der Waals surface area (Å²) in [6, 6.07) is 23.2.